The van der Waals surface area contributed by atoms with Gasteiger partial charge < -0.3 is 14.2 Å². The number of allylic oxidation sites excluding steroid dienone is 12. The lowest BCUT2D eigenvalue weighted by molar-refractivity contribution is -0.167. The summed E-state index contributed by atoms with van der Waals surface area (Å²) in [5.74, 6) is -0.909. The molecule has 0 aliphatic heterocycles. The Kier molecular flexibility index (Phi) is 58.7. The summed E-state index contributed by atoms with van der Waals surface area (Å²) < 4.78 is 16.9. The Morgan fingerprint density at radius 1 is 0.288 bits per heavy atom. The van der Waals surface area contributed by atoms with E-state index in [-0.39, 0.29) is 31.1 Å². The van der Waals surface area contributed by atoms with E-state index < -0.39 is 6.10 Å². The van der Waals surface area contributed by atoms with E-state index in [1.807, 2.05) is 0 Å². The highest BCUT2D eigenvalue weighted by atomic mass is 16.6. The van der Waals surface area contributed by atoms with Gasteiger partial charge in [-0.2, -0.15) is 0 Å². The molecule has 0 amide bonds. The summed E-state index contributed by atoms with van der Waals surface area (Å²) in [5.41, 5.74) is 0. The van der Waals surface area contributed by atoms with Crippen molar-refractivity contribution in [2.24, 2.45) is 0 Å². The Balaban J connectivity index is 4.32. The third kappa shape index (κ3) is 59.6. The van der Waals surface area contributed by atoms with Crippen LogP contribution in [0.3, 0.4) is 0 Å². The van der Waals surface area contributed by atoms with Crippen LogP contribution in [0.1, 0.15) is 316 Å². The standard InChI is InChI=1S/C67H118O6/c1-4-7-10-13-16-19-22-25-27-29-31-32-33-34-36-37-39-42-45-48-51-54-57-60-66(69)72-63-64(62-71-65(68)59-56-53-50-47-44-41-24-21-18-15-12-9-6-3)73-67(70)61-58-55-52-49-46-43-40-38-35-30-28-26-23-20-17-14-11-8-5-2/h9,12,17-18,20-21,26,28-29,31,41,44,64H,4-8,10-11,13-16,19,22-25,27,30,32-40,42-43,45-63H2,1-3H3/b12-9-,20-17-,21-18-,28-26-,31-29-,44-41-. The molecule has 0 saturated heterocycles. The lowest BCUT2D eigenvalue weighted by atomic mass is 10.0. The number of rotatable bonds is 57. The molecule has 0 N–H and O–H groups in total. The van der Waals surface area contributed by atoms with Crippen LogP contribution in [-0.2, 0) is 28.6 Å². The maximum absolute atomic E-state index is 12.9. The van der Waals surface area contributed by atoms with Crippen molar-refractivity contribution >= 4 is 17.9 Å². The number of esters is 3. The van der Waals surface area contributed by atoms with Crippen LogP contribution in [0, 0.1) is 0 Å². The second-order valence-electron chi connectivity index (χ2n) is 20.9. The summed E-state index contributed by atoms with van der Waals surface area (Å²) in [6.45, 7) is 6.50. The fourth-order valence-corrected chi connectivity index (χ4v) is 8.95. The summed E-state index contributed by atoms with van der Waals surface area (Å²) in [7, 11) is 0. The highest BCUT2D eigenvalue weighted by Crippen LogP contribution is 2.16. The molecule has 0 spiro atoms. The Labute approximate surface area is 453 Å². The lowest BCUT2D eigenvalue weighted by Gasteiger charge is -2.18. The molecule has 0 radical (unpaired) electrons. The van der Waals surface area contributed by atoms with Gasteiger partial charge in [-0.3, -0.25) is 14.4 Å². The predicted octanol–water partition coefficient (Wildman–Crippen LogP) is 21.3. The molecule has 0 bridgehead atoms. The fourth-order valence-electron chi connectivity index (χ4n) is 8.95. The summed E-state index contributed by atoms with van der Waals surface area (Å²) in [5, 5.41) is 0. The van der Waals surface area contributed by atoms with Gasteiger partial charge in [0.15, 0.2) is 6.10 Å². The topological polar surface area (TPSA) is 78.9 Å². The molecule has 0 heterocycles. The highest BCUT2D eigenvalue weighted by Gasteiger charge is 2.19. The minimum atomic E-state index is -0.791. The van der Waals surface area contributed by atoms with Crippen molar-refractivity contribution in [1.82, 2.24) is 0 Å². The minimum absolute atomic E-state index is 0.0856. The first-order valence-electron chi connectivity index (χ1n) is 31.4. The van der Waals surface area contributed by atoms with Crippen LogP contribution in [0.4, 0.5) is 0 Å². The van der Waals surface area contributed by atoms with Gasteiger partial charge in [0.05, 0.1) is 0 Å². The van der Waals surface area contributed by atoms with Gasteiger partial charge in [-0.05, 0) is 109 Å². The smallest absolute Gasteiger partial charge is 0.306 e. The van der Waals surface area contributed by atoms with Crippen molar-refractivity contribution in [2.75, 3.05) is 13.2 Å². The van der Waals surface area contributed by atoms with E-state index in [4.69, 9.17) is 14.2 Å². The van der Waals surface area contributed by atoms with Gasteiger partial charge in [-0.1, -0.05) is 261 Å². The van der Waals surface area contributed by atoms with Crippen LogP contribution in [0.5, 0.6) is 0 Å². The average Bonchev–Trinajstić information content (AvgIpc) is 3.39. The highest BCUT2D eigenvalue weighted by molar-refractivity contribution is 5.71. The van der Waals surface area contributed by atoms with Crippen LogP contribution in [-0.4, -0.2) is 37.2 Å². The molecular formula is C67H118O6. The van der Waals surface area contributed by atoms with Gasteiger partial charge in [0.1, 0.15) is 13.2 Å². The number of carbonyl (C=O) groups excluding carboxylic acids is 3. The van der Waals surface area contributed by atoms with Crippen molar-refractivity contribution in [3.63, 3.8) is 0 Å². The van der Waals surface area contributed by atoms with Crippen molar-refractivity contribution in [1.29, 1.82) is 0 Å². The van der Waals surface area contributed by atoms with Gasteiger partial charge in [-0.15, -0.1) is 0 Å². The van der Waals surface area contributed by atoms with E-state index in [9.17, 15) is 14.4 Å². The van der Waals surface area contributed by atoms with Gasteiger partial charge in [0.25, 0.3) is 0 Å². The predicted molar refractivity (Wildman–Crippen MR) is 316 cm³/mol. The monoisotopic (exact) mass is 1020 g/mol. The fraction of sp³-hybridized carbons (Fsp3) is 0.776. The largest absolute Gasteiger partial charge is 0.462 e. The van der Waals surface area contributed by atoms with Gasteiger partial charge in [-0.25, -0.2) is 0 Å². The molecule has 1 atom stereocenters. The van der Waals surface area contributed by atoms with Crippen molar-refractivity contribution in [3.8, 4) is 0 Å². The molecular weight excluding hydrogens is 901 g/mol. The Hall–Kier alpha value is -3.15. The van der Waals surface area contributed by atoms with Gasteiger partial charge in [0.2, 0.25) is 0 Å². The Morgan fingerprint density at radius 3 is 0.890 bits per heavy atom. The van der Waals surface area contributed by atoms with E-state index in [1.54, 1.807) is 0 Å². The third-order valence-electron chi connectivity index (χ3n) is 13.7. The van der Waals surface area contributed by atoms with E-state index in [0.29, 0.717) is 19.3 Å². The third-order valence-corrected chi connectivity index (χ3v) is 13.7. The molecule has 1 unspecified atom stereocenters. The maximum Gasteiger partial charge on any atom is 0.306 e. The van der Waals surface area contributed by atoms with E-state index >= 15 is 0 Å². The number of hydrogen-bond acceptors (Lipinski definition) is 6. The first kappa shape index (κ1) is 69.8. The zero-order chi connectivity index (χ0) is 52.9. The van der Waals surface area contributed by atoms with Gasteiger partial charge >= 0.3 is 17.9 Å². The molecule has 0 aliphatic carbocycles. The minimum Gasteiger partial charge on any atom is -0.462 e. The summed E-state index contributed by atoms with van der Waals surface area (Å²) in [6.07, 6.45) is 79.1. The van der Waals surface area contributed by atoms with Crippen molar-refractivity contribution < 1.29 is 28.6 Å². The van der Waals surface area contributed by atoms with Crippen LogP contribution in [0.25, 0.3) is 0 Å². The first-order valence-corrected chi connectivity index (χ1v) is 31.4. The molecule has 0 aromatic heterocycles. The van der Waals surface area contributed by atoms with Crippen LogP contribution < -0.4 is 0 Å². The van der Waals surface area contributed by atoms with Crippen molar-refractivity contribution in [3.05, 3.63) is 72.9 Å². The first-order chi connectivity index (χ1) is 36.0. The average molecular weight is 1020 g/mol. The van der Waals surface area contributed by atoms with E-state index in [2.05, 4.69) is 93.7 Å². The molecule has 6 heteroatoms. The van der Waals surface area contributed by atoms with E-state index in [1.165, 1.54) is 186 Å². The molecule has 0 rings (SSSR count). The quantitative estimate of drug-likeness (QED) is 0.0261. The molecule has 73 heavy (non-hydrogen) atoms. The molecule has 422 valence electrons. The number of ether oxygens (including phenoxy) is 3. The molecule has 0 saturated carbocycles. The van der Waals surface area contributed by atoms with Crippen LogP contribution in [0.2, 0.25) is 0 Å². The SMILES string of the molecule is CC/C=C\C/C=C\C/C=C\CCCCCC(=O)OCC(COC(=O)CCCCCCCCCCCCC/C=C\CCCCCCCCCC)OC(=O)CCCCCCCCCCC/C=C\C/C=C\CCCCC. The van der Waals surface area contributed by atoms with Crippen LogP contribution in [0.15, 0.2) is 72.9 Å². The number of carbonyl (C=O) groups is 3. The zero-order valence-corrected chi connectivity index (χ0v) is 48.4. The summed E-state index contributed by atoms with van der Waals surface area (Å²) in [4.78, 5) is 38.3. The number of unbranched alkanes of at least 4 members (excludes halogenated alkanes) is 34. The van der Waals surface area contributed by atoms with Gasteiger partial charge in [0, 0.05) is 19.3 Å². The molecule has 0 aliphatic rings. The second kappa shape index (κ2) is 61.4. The lowest BCUT2D eigenvalue weighted by Crippen LogP contribution is -2.30. The maximum atomic E-state index is 12.9. The zero-order valence-electron chi connectivity index (χ0n) is 48.4. The second-order valence-corrected chi connectivity index (χ2v) is 20.9. The molecule has 0 aromatic carbocycles. The normalized spacial score (nSPS) is 12.5. The Bertz CT molecular complexity index is 1360. The molecule has 0 fully saturated rings. The summed E-state index contributed by atoms with van der Waals surface area (Å²) >= 11 is 0. The van der Waals surface area contributed by atoms with E-state index in [0.717, 1.165) is 89.9 Å². The molecule has 0 aromatic rings. The summed E-state index contributed by atoms with van der Waals surface area (Å²) in [6, 6.07) is 0. The van der Waals surface area contributed by atoms with Crippen LogP contribution >= 0.6 is 0 Å². The van der Waals surface area contributed by atoms with Crippen molar-refractivity contribution in [2.45, 2.75) is 322 Å². The number of hydrogen-bond donors (Lipinski definition) is 0. The molecule has 6 nitrogen and oxygen atoms in total. The Morgan fingerprint density at radius 2 is 0.534 bits per heavy atom.